The van der Waals surface area contributed by atoms with Gasteiger partial charge in [-0.25, -0.2) is 0 Å². The molecule has 0 saturated carbocycles. The Hall–Kier alpha value is -1.32. The number of halogens is 1. The Morgan fingerprint density at radius 3 is 1.88 bits per heavy atom. The highest BCUT2D eigenvalue weighted by Crippen LogP contribution is 2.35. The first-order chi connectivity index (χ1) is 11.4. The van der Waals surface area contributed by atoms with Crippen LogP contribution >= 0.6 is 0 Å². The SMILES string of the molecule is CC(C)[N+](C)(CC[C@H](c1ccccc1)c1ccccc1O)C(C)C.[Br-]. The Bertz CT molecular complexity index is 631. The van der Waals surface area contributed by atoms with Crippen LogP contribution in [0.15, 0.2) is 54.6 Å². The van der Waals surface area contributed by atoms with Gasteiger partial charge in [-0.1, -0.05) is 48.5 Å². The molecule has 2 aromatic rings. The molecule has 0 aliphatic heterocycles. The fourth-order valence-electron chi connectivity index (χ4n) is 3.49. The molecule has 3 heteroatoms. The zero-order valence-corrected chi connectivity index (χ0v) is 17.7. The molecule has 0 bridgehead atoms. The minimum atomic E-state index is 0. The third-order valence-corrected chi connectivity index (χ3v) is 5.77. The Labute approximate surface area is 163 Å². The number of hydrogen-bond donors (Lipinski definition) is 1. The van der Waals surface area contributed by atoms with E-state index in [1.807, 2.05) is 18.2 Å². The van der Waals surface area contributed by atoms with Crippen molar-refractivity contribution in [1.29, 1.82) is 0 Å². The Morgan fingerprint density at radius 2 is 1.36 bits per heavy atom. The summed E-state index contributed by atoms with van der Waals surface area (Å²) in [6, 6.07) is 19.5. The molecular weight excluding hydrogens is 374 g/mol. The van der Waals surface area contributed by atoms with Crippen LogP contribution in [-0.4, -0.2) is 35.3 Å². The van der Waals surface area contributed by atoms with Crippen molar-refractivity contribution in [2.24, 2.45) is 0 Å². The molecule has 0 aliphatic carbocycles. The molecule has 0 saturated heterocycles. The van der Waals surface area contributed by atoms with Gasteiger partial charge in [0.15, 0.2) is 0 Å². The van der Waals surface area contributed by atoms with Crippen LogP contribution in [0, 0.1) is 0 Å². The highest BCUT2D eigenvalue weighted by atomic mass is 79.9. The molecule has 0 amide bonds. The van der Waals surface area contributed by atoms with E-state index in [0.29, 0.717) is 17.8 Å². The van der Waals surface area contributed by atoms with E-state index in [-0.39, 0.29) is 22.9 Å². The van der Waals surface area contributed by atoms with Crippen LogP contribution < -0.4 is 17.0 Å². The molecule has 2 aromatic carbocycles. The van der Waals surface area contributed by atoms with Crippen molar-refractivity contribution in [1.82, 2.24) is 0 Å². The molecule has 0 unspecified atom stereocenters. The summed E-state index contributed by atoms with van der Waals surface area (Å²) in [7, 11) is 2.35. The van der Waals surface area contributed by atoms with Gasteiger partial charge in [0, 0.05) is 17.9 Å². The zero-order valence-electron chi connectivity index (χ0n) is 16.1. The van der Waals surface area contributed by atoms with Crippen molar-refractivity contribution in [2.75, 3.05) is 13.6 Å². The molecule has 0 aliphatic rings. The standard InChI is InChI=1S/C22H31NO.BrH/c1-17(2)23(5,18(3)4)16-15-20(19-11-7-6-8-12-19)21-13-9-10-14-22(21)24;/h6-14,17-18,20H,15-16H2,1-5H3;1H/t20-;/m1./s1. The second-order valence-electron chi connectivity index (χ2n) is 7.57. The minimum Gasteiger partial charge on any atom is -1.00 e. The van der Waals surface area contributed by atoms with Crippen molar-refractivity contribution in [3.8, 4) is 5.75 Å². The maximum Gasteiger partial charge on any atom is 0.119 e. The first kappa shape index (κ1) is 21.7. The Balaban J connectivity index is 0.00000312. The summed E-state index contributed by atoms with van der Waals surface area (Å²) in [6.45, 7) is 10.3. The number of rotatable bonds is 7. The number of phenolic OH excluding ortho intramolecular Hbond substituents is 1. The van der Waals surface area contributed by atoms with Gasteiger partial charge in [0.1, 0.15) is 5.75 Å². The van der Waals surface area contributed by atoms with Gasteiger partial charge in [0.25, 0.3) is 0 Å². The highest BCUT2D eigenvalue weighted by molar-refractivity contribution is 5.41. The van der Waals surface area contributed by atoms with E-state index >= 15 is 0 Å². The summed E-state index contributed by atoms with van der Waals surface area (Å²) in [4.78, 5) is 0. The molecule has 138 valence electrons. The fraction of sp³-hybridized carbons (Fsp3) is 0.455. The number of phenols is 1. The molecular formula is C22H32BrNO. The summed E-state index contributed by atoms with van der Waals surface area (Å²) < 4.78 is 1.04. The first-order valence-corrected chi connectivity index (χ1v) is 9.04. The van der Waals surface area contributed by atoms with Crippen LogP contribution in [0.4, 0.5) is 0 Å². The number of para-hydroxylation sites is 1. The van der Waals surface area contributed by atoms with Crippen molar-refractivity contribution in [3.63, 3.8) is 0 Å². The molecule has 1 atom stereocenters. The predicted octanol–water partition coefficient (Wildman–Crippen LogP) is 2.18. The van der Waals surface area contributed by atoms with Crippen LogP contribution in [-0.2, 0) is 0 Å². The van der Waals surface area contributed by atoms with E-state index in [2.05, 4.69) is 65.1 Å². The van der Waals surface area contributed by atoms with Crippen LogP contribution in [0.3, 0.4) is 0 Å². The molecule has 0 fully saturated rings. The van der Waals surface area contributed by atoms with Gasteiger partial charge in [-0.05, 0) is 39.3 Å². The third-order valence-electron chi connectivity index (χ3n) is 5.77. The van der Waals surface area contributed by atoms with Gasteiger partial charge in [-0.2, -0.15) is 0 Å². The Morgan fingerprint density at radius 1 is 0.840 bits per heavy atom. The lowest BCUT2D eigenvalue weighted by Gasteiger charge is -2.43. The van der Waals surface area contributed by atoms with E-state index in [4.69, 9.17) is 0 Å². The maximum absolute atomic E-state index is 10.4. The summed E-state index contributed by atoms with van der Waals surface area (Å²) in [5.41, 5.74) is 2.31. The van der Waals surface area contributed by atoms with Crippen molar-refractivity contribution < 1.29 is 26.6 Å². The molecule has 0 spiro atoms. The fourth-order valence-corrected chi connectivity index (χ4v) is 3.49. The van der Waals surface area contributed by atoms with Gasteiger partial charge >= 0.3 is 0 Å². The minimum absolute atomic E-state index is 0. The van der Waals surface area contributed by atoms with E-state index in [1.54, 1.807) is 6.07 Å². The van der Waals surface area contributed by atoms with Crippen molar-refractivity contribution in [2.45, 2.75) is 52.1 Å². The smallest absolute Gasteiger partial charge is 0.119 e. The molecule has 25 heavy (non-hydrogen) atoms. The largest absolute Gasteiger partial charge is 1.00 e. The second kappa shape index (κ2) is 9.40. The van der Waals surface area contributed by atoms with Gasteiger partial charge in [-0.3, -0.25) is 0 Å². The van der Waals surface area contributed by atoms with Gasteiger partial charge in [0.2, 0.25) is 0 Å². The third kappa shape index (κ3) is 5.08. The van der Waals surface area contributed by atoms with E-state index in [0.717, 1.165) is 23.0 Å². The summed E-state index contributed by atoms with van der Waals surface area (Å²) in [5.74, 6) is 0.622. The lowest BCUT2D eigenvalue weighted by Crippen LogP contribution is -3.00. The number of quaternary nitrogens is 1. The van der Waals surface area contributed by atoms with Crippen LogP contribution in [0.5, 0.6) is 5.75 Å². The normalized spacial score (nSPS) is 12.9. The topological polar surface area (TPSA) is 20.2 Å². The lowest BCUT2D eigenvalue weighted by atomic mass is 9.87. The Kier molecular flexibility index (Phi) is 8.17. The van der Waals surface area contributed by atoms with Crippen molar-refractivity contribution in [3.05, 3.63) is 65.7 Å². The summed E-state index contributed by atoms with van der Waals surface area (Å²) in [6.07, 6.45) is 1.02. The molecule has 1 N–H and O–H groups in total. The predicted molar refractivity (Wildman–Crippen MR) is 102 cm³/mol. The average Bonchev–Trinajstić information content (AvgIpc) is 2.57. The molecule has 0 radical (unpaired) electrons. The number of benzene rings is 2. The van der Waals surface area contributed by atoms with Crippen LogP contribution in [0.25, 0.3) is 0 Å². The van der Waals surface area contributed by atoms with Crippen LogP contribution in [0.1, 0.15) is 51.2 Å². The van der Waals surface area contributed by atoms with Crippen LogP contribution in [0.2, 0.25) is 0 Å². The van der Waals surface area contributed by atoms with E-state index < -0.39 is 0 Å². The summed E-state index contributed by atoms with van der Waals surface area (Å²) >= 11 is 0. The number of aromatic hydroxyl groups is 1. The quantitative estimate of drug-likeness (QED) is 0.699. The first-order valence-electron chi connectivity index (χ1n) is 9.04. The highest BCUT2D eigenvalue weighted by Gasteiger charge is 2.31. The molecule has 2 rings (SSSR count). The van der Waals surface area contributed by atoms with Crippen molar-refractivity contribution >= 4 is 0 Å². The van der Waals surface area contributed by atoms with Gasteiger partial charge in [-0.15, -0.1) is 0 Å². The average molecular weight is 406 g/mol. The van der Waals surface area contributed by atoms with Gasteiger partial charge in [0.05, 0.1) is 25.7 Å². The van der Waals surface area contributed by atoms with E-state index in [9.17, 15) is 5.11 Å². The van der Waals surface area contributed by atoms with E-state index in [1.165, 1.54) is 5.56 Å². The molecule has 2 nitrogen and oxygen atoms in total. The monoisotopic (exact) mass is 405 g/mol. The lowest BCUT2D eigenvalue weighted by molar-refractivity contribution is -0.949. The zero-order chi connectivity index (χ0) is 17.7. The number of nitrogens with zero attached hydrogens (tertiary/aromatic N) is 1. The summed E-state index contributed by atoms with van der Waals surface area (Å²) in [5, 5.41) is 10.4. The second-order valence-corrected chi connectivity index (χ2v) is 7.57. The van der Waals surface area contributed by atoms with Gasteiger partial charge < -0.3 is 26.6 Å². The molecule has 0 heterocycles. The number of hydrogen-bond acceptors (Lipinski definition) is 1. The maximum atomic E-state index is 10.4. The molecule has 0 aromatic heterocycles.